The van der Waals surface area contributed by atoms with E-state index in [2.05, 4.69) is 4.98 Å². The summed E-state index contributed by atoms with van der Waals surface area (Å²) >= 11 is 0. The maximum atomic E-state index is 13.2. The summed E-state index contributed by atoms with van der Waals surface area (Å²) < 4.78 is 5.64. The molecule has 178 valence electrons. The number of aliphatic hydroxyl groups is 1. The lowest BCUT2D eigenvalue weighted by atomic mass is 9.95. The SMILES string of the molecule is CCCOc1cccc(C(O)=C2C(=O)C(=O)N(Cc3cccnc3)C2c2ccc([N+](=O)[O-])cc2)c1. The molecule has 1 aliphatic heterocycles. The van der Waals surface area contributed by atoms with Crippen LogP contribution in [0.15, 0.2) is 78.6 Å². The van der Waals surface area contributed by atoms with Gasteiger partial charge in [-0.25, -0.2) is 0 Å². The molecule has 2 aromatic carbocycles. The van der Waals surface area contributed by atoms with Gasteiger partial charge in [-0.1, -0.05) is 25.1 Å². The molecule has 1 saturated heterocycles. The molecule has 0 bridgehead atoms. The van der Waals surface area contributed by atoms with Gasteiger partial charge in [0.25, 0.3) is 17.4 Å². The molecule has 1 unspecified atom stereocenters. The molecule has 1 amide bonds. The molecule has 0 radical (unpaired) electrons. The standard InChI is InChI=1S/C26H23N3O6/c1-2-13-35-21-7-3-6-19(14-21)24(30)22-23(18-8-10-20(11-9-18)29(33)34)28(26(32)25(22)31)16-17-5-4-12-27-15-17/h3-12,14-15,23,30H,2,13,16H2,1H3. The number of pyridine rings is 1. The van der Waals surface area contributed by atoms with Crippen molar-refractivity contribution in [2.24, 2.45) is 0 Å². The summed E-state index contributed by atoms with van der Waals surface area (Å²) in [5, 5.41) is 22.3. The maximum Gasteiger partial charge on any atom is 0.295 e. The Morgan fingerprint density at radius 2 is 1.91 bits per heavy atom. The molecule has 0 aliphatic carbocycles. The van der Waals surface area contributed by atoms with Gasteiger partial charge < -0.3 is 14.7 Å². The van der Waals surface area contributed by atoms with Gasteiger partial charge in [0.2, 0.25) is 0 Å². The van der Waals surface area contributed by atoms with Gasteiger partial charge >= 0.3 is 0 Å². The third-order valence-electron chi connectivity index (χ3n) is 5.62. The van der Waals surface area contributed by atoms with Gasteiger partial charge in [-0.15, -0.1) is 0 Å². The van der Waals surface area contributed by atoms with Crippen LogP contribution in [0.1, 0.15) is 36.1 Å². The highest BCUT2D eigenvalue weighted by Crippen LogP contribution is 2.41. The number of rotatable bonds is 8. The molecule has 1 aliphatic rings. The van der Waals surface area contributed by atoms with Crippen molar-refractivity contribution in [1.82, 2.24) is 9.88 Å². The number of Topliss-reactive ketones (excluding diaryl/α,β-unsaturated/α-hetero) is 1. The van der Waals surface area contributed by atoms with Crippen molar-refractivity contribution >= 4 is 23.1 Å². The smallest absolute Gasteiger partial charge is 0.295 e. The Morgan fingerprint density at radius 1 is 1.14 bits per heavy atom. The van der Waals surface area contributed by atoms with Gasteiger partial charge in [-0.2, -0.15) is 0 Å². The Morgan fingerprint density at radius 3 is 2.57 bits per heavy atom. The summed E-state index contributed by atoms with van der Waals surface area (Å²) in [6.45, 7) is 2.52. The third-order valence-corrected chi connectivity index (χ3v) is 5.62. The Bertz CT molecular complexity index is 1290. The van der Waals surface area contributed by atoms with E-state index in [-0.39, 0.29) is 23.6 Å². The molecule has 0 saturated carbocycles. The Labute approximate surface area is 201 Å². The fourth-order valence-corrected chi connectivity index (χ4v) is 3.96. The van der Waals surface area contributed by atoms with E-state index in [0.717, 1.165) is 6.42 Å². The highest BCUT2D eigenvalue weighted by atomic mass is 16.6. The average molecular weight is 473 g/mol. The van der Waals surface area contributed by atoms with Gasteiger partial charge in [0.1, 0.15) is 11.5 Å². The van der Waals surface area contributed by atoms with Crippen LogP contribution in [0.4, 0.5) is 5.69 Å². The number of non-ortho nitro benzene ring substituents is 1. The van der Waals surface area contributed by atoms with Crippen LogP contribution in [-0.2, 0) is 16.1 Å². The summed E-state index contributed by atoms with van der Waals surface area (Å²) in [6, 6.07) is 14.8. The van der Waals surface area contributed by atoms with Crippen molar-refractivity contribution in [3.63, 3.8) is 0 Å². The molecule has 35 heavy (non-hydrogen) atoms. The van der Waals surface area contributed by atoms with Crippen molar-refractivity contribution in [3.8, 4) is 5.75 Å². The number of hydrogen-bond donors (Lipinski definition) is 1. The number of carbonyl (C=O) groups excluding carboxylic acids is 2. The summed E-state index contributed by atoms with van der Waals surface area (Å²) in [4.78, 5) is 42.3. The number of ketones is 1. The topological polar surface area (TPSA) is 123 Å². The molecule has 1 fully saturated rings. The molecule has 9 heteroatoms. The van der Waals surface area contributed by atoms with E-state index in [1.165, 1.54) is 29.2 Å². The molecule has 4 rings (SSSR count). The van der Waals surface area contributed by atoms with Crippen molar-refractivity contribution in [2.75, 3.05) is 6.61 Å². The second kappa shape index (κ2) is 10.2. The number of benzene rings is 2. The molecule has 3 aromatic rings. The Hall–Kier alpha value is -4.53. The predicted octanol–water partition coefficient (Wildman–Crippen LogP) is 4.40. The van der Waals surface area contributed by atoms with Crippen molar-refractivity contribution in [1.29, 1.82) is 0 Å². The van der Waals surface area contributed by atoms with Gasteiger partial charge in [0, 0.05) is 36.6 Å². The first kappa shape index (κ1) is 23.6. The second-order valence-corrected chi connectivity index (χ2v) is 8.01. The zero-order chi connectivity index (χ0) is 24.9. The van der Waals surface area contributed by atoms with E-state index in [0.29, 0.717) is 29.0 Å². The van der Waals surface area contributed by atoms with Crippen LogP contribution < -0.4 is 4.74 Å². The lowest BCUT2D eigenvalue weighted by molar-refractivity contribution is -0.384. The summed E-state index contributed by atoms with van der Waals surface area (Å²) in [7, 11) is 0. The summed E-state index contributed by atoms with van der Waals surface area (Å²) in [5.41, 5.74) is 1.25. The maximum absolute atomic E-state index is 13.2. The largest absolute Gasteiger partial charge is 0.507 e. The first-order valence-corrected chi connectivity index (χ1v) is 11.1. The van der Waals surface area contributed by atoms with Crippen LogP contribution in [0.2, 0.25) is 0 Å². The molecular formula is C26H23N3O6. The first-order valence-electron chi connectivity index (χ1n) is 11.1. The summed E-state index contributed by atoms with van der Waals surface area (Å²) in [5.74, 6) is -1.44. The van der Waals surface area contributed by atoms with Crippen LogP contribution >= 0.6 is 0 Å². The second-order valence-electron chi connectivity index (χ2n) is 8.01. The number of ether oxygens (including phenoxy) is 1. The predicted molar refractivity (Wildman–Crippen MR) is 127 cm³/mol. The molecule has 9 nitrogen and oxygen atoms in total. The van der Waals surface area contributed by atoms with Crippen LogP contribution in [0, 0.1) is 10.1 Å². The van der Waals surface area contributed by atoms with Crippen molar-refractivity contribution < 1.29 is 24.4 Å². The third kappa shape index (κ3) is 4.89. The number of carbonyl (C=O) groups is 2. The van der Waals surface area contributed by atoms with E-state index < -0.39 is 22.7 Å². The number of hydrogen-bond acceptors (Lipinski definition) is 7. The quantitative estimate of drug-likeness (QED) is 0.169. The number of likely N-dealkylation sites (tertiary alicyclic amines) is 1. The van der Waals surface area contributed by atoms with E-state index in [1.807, 2.05) is 6.92 Å². The number of aliphatic hydroxyl groups excluding tert-OH is 1. The minimum Gasteiger partial charge on any atom is -0.507 e. The normalized spacial score (nSPS) is 16.9. The minimum absolute atomic E-state index is 0.0660. The Balaban J connectivity index is 1.82. The lowest BCUT2D eigenvalue weighted by Crippen LogP contribution is -2.29. The molecular weight excluding hydrogens is 450 g/mol. The van der Waals surface area contributed by atoms with E-state index in [9.17, 15) is 24.8 Å². The van der Waals surface area contributed by atoms with Crippen LogP contribution in [0.5, 0.6) is 5.75 Å². The van der Waals surface area contributed by atoms with Gasteiger partial charge in [0.15, 0.2) is 0 Å². The molecule has 1 aromatic heterocycles. The van der Waals surface area contributed by atoms with E-state index in [1.54, 1.807) is 48.8 Å². The number of amides is 1. The Kier molecular flexibility index (Phi) is 6.86. The van der Waals surface area contributed by atoms with Gasteiger partial charge in [-0.3, -0.25) is 24.7 Å². The number of nitro benzene ring substituents is 1. The monoisotopic (exact) mass is 473 g/mol. The van der Waals surface area contributed by atoms with E-state index in [4.69, 9.17) is 4.74 Å². The first-order chi connectivity index (χ1) is 16.9. The van der Waals surface area contributed by atoms with Gasteiger partial charge in [-0.05, 0) is 47.9 Å². The van der Waals surface area contributed by atoms with Crippen LogP contribution in [0.3, 0.4) is 0 Å². The number of nitro groups is 1. The minimum atomic E-state index is -0.948. The zero-order valence-electron chi connectivity index (χ0n) is 19.0. The highest BCUT2D eigenvalue weighted by Gasteiger charge is 2.46. The highest BCUT2D eigenvalue weighted by molar-refractivity contribution is 6.46. The molecule has 0 spiro atoms. The summed E-state index contributed by atoms with van der Waals surface area (Å²) in [6.07, 6.45) is 3.98. The van der Waals surface area contributed by atoms with Crippen molar-refractivity contribution in [3.05, 3.63) is 105 Å². The van der Waals surface area contributed by atoms with Crippen LogP contribution in [0.25, 0.3) is 5.76 Å². The molecule has 2 heterocycles. The van der Waals surface area contributed by atoms with Crippen molar-refractivity contribution in [2.45, 2.75) is 25.9 Å². The van der Waals surface area contributed by atoms with E-state index >= 15 is 0 Å². The fourth-order valence-electron chi connectivity index (χ4n) is 3.96. The number of aromatic nitrogens is 1. The van der Waals surface area contributed by atoms with Crippen LogP contribution in [-0.4, -0.2) is 38.2 Å². The number of nitrogens with zero attached hydrogens (tertiary/aromatic N) is 3. The zero-order valence-corrected chi connectivity index (χ0v) is 19.0. The lowest BCUT2D eigenvalue weighted by Gasteiger charge is -2.25. The molecule has 1 N–H and O–H groups in total. The van der Waals surface area contributed by atoms with Gasteiger partial charge in [0.05, 0.1) is 23.1 Å². The molecule has 1 atom stereocenters. The average Bonchev–Trinajstić information content (AvgIpc) is 3.12. The fraction of sp³-hybridized carbons (Fsp3) is 0.192.